The topological polar surface area (TPSA) is 72.1 Å². The SMILES string of the molecule is Cc1cc(C=O)cc(C=O)c1N=[NH2+]. The maximum atomic E-state index is 10.6. The summed E-state index contributed by atoms with van der Waals surface area (Å²) in [5.41, 5.74) is 7.03. The predicted octanol–water partition coefficient (Wildman–Crippen LogP) is 0.463. The summed E-state index contributed by atoms with van der Waals surface area (Å²) in [6.07, 6.45) is 1.31. The van der Waals surface area contributed by atoms with E-state index in [9.17, 15) is 9.59 Å². The second kappa shape index (κ2) is 3.71. The Labute approximate surface area is 75.1 Å². The van der Waals surface area contributed by atoms with Crippen LogP contribution in [-0.4, -0.2) is 12.6 Å². The van der Waals surface area contributed by atoms with Gasteiger partial charge >= 0.3 is 0 Å². The molecule has 0 amide bonds. The Hall–Kier alpha value is -1.84. The van der Waals surface area contributed by atoms with Crippen molar-refractivity contribution in [3.63, 3.8) is 0 Å². The molecule has 0 aliphatic rings. The average Bonchev–Trinajstić information content (AvgIpc) is 2.16. The molecule has 0 atom stereocenters. The number of aryl methyl sites for hydroxylation is 1. The van der Waals surface area contributed by atoms with Crippen molar-refractivity contribution in [1.29, 1.82) is 0 Å². The minimum Gasteiger partial charge on any atom is -0.298 e. The summed E-state index contributed by atoms with van der Waals surface area (Å²) in [7, 11) is 0. The summed E-state index contributed by atoms with van der Waals surface area (Å²) in [6, 6.07) is 3.09. The summed E-state index contributed by atoms with van der Waals surface area (Å²) in [5.74, 6) is 0. The summed E-state index contributed by atoms with van der Waals surface area (Å²) >= 11 is 0. The van der Waals surface area contributed by atoms with Crippen LogP contribution in [0.15, 0.2) is 17.2 Å². The molecule has 0 saturated heterocycles. The van der Waals surface area contributed by atoms with Gasteiger partial charge in [-0.25, -0.2) is 0 Å². The van der Waals surface area contributed by atoms with Crippen molar-refractivity contribution in [2.24, 2.45) is 5.11 Å². The van der Waals surface area contributed by atoms with Crippen molar-refractivity contribution in [2.45, 2.75) is 6.92 Å². The lowest BCUT2D eigenvalue weighted by Gasteiger charge is -2.00. The molecule has 0 aliphatic heterocycles. The molecule has 4 nitrogen and oxygen atoms in total. The number of carbonyl (C=O) groups excluding carboxylic acids is 2. The fourth-order valence-electron chi connectivity index (χ4n) is 1.17. The van der Waals surface area contributed by atoms with Crippen LogP contribution in [0.1, 0.15) is 26.3 Å². The third-order valence-electron chi connectivity index (χ3n) is 1.74. The fourth-order valence-corrected chi connectivity index (χ4v) is 1.17. The first-order valence-electron chi connectivity index (χ1n) is 3.69. The molecular formula is C9H9N2O2+. The van der Waals surface area contributed by atoms with Crippen molar-refractivity contribution in [3.8, 4) is 0 Å². The molecule has 0 unspecified atom stereocenters. The highest BCUT2D eigenvalue weighted by Gasteiger charge is 2.08. The number of nitrogens with two attached hydrogens (primary N) is 1. The highest BCUT2D eigenvalue weighted by atomic mass is 16.1. The van der Waals surface area contributed by atoms with Gasteiger partial charge in [-0.1, -0.05) is 0 Å². The summed E-state index contributed by atoms with van der Waals surface area (Å²) in [5, 5.41) is 3.47. The minimum absolute atomic E-state index is 0.338. The number of hydrogen-bond donors (Lipinski definition) is 1. The number of nitrogens with zero attached hydrogens (tertiary/aromatic N) is 1. The zero-order chi connectivity index (χ0) is 9.84. The van der Waals surface area contributed by atoms with Crippen LogP contribution in [0.2, 0.25) is 0 Å². The van der Waals surface area contributed by atoms with Crippen molar-refractivity contribution in [2.75, 3.05) is 0 Å². The highest BCUT2D eigenvalue weighted by molar-refractivity contribution is 5.88. The number of hydrogen-bond acceptors (Lipinski definition) is 3. The van der Waals surface area contributed by atoms with Crippen molar-refractivity contribution in [3.05, 3.63) is 28.8 Å². The van der Waals surface area contributed by atoms with Gasteiger partial charge in [-0.2, -0.15) is 5.53 Å². The molecule has 0 aliphatic carbocycles. The van der Waals surface area contributed by atoms with Gasteiger partial charge in [0, 0.05) is 11.1 Å². The normalized spacial score (nSPS) is 9.31. The number of rotatable bonds is 3. The van der Waals surface area contributed by atoms with Crippen LogP contribution in [0.5, 0.6) is 0 Å². The van der Waals surface area contributed by atoms with E-state index in [1.165, 1.54) is 6.07 Å². The lowest BCUT2D eigenvalue weighted by atomic mass is 10.1. The maximum absolute atomic E-state index is 10.6. The Balaban J connectivity index is 3.45. The van der Waals surface area contributed by atoms with Gasteiger partial charge in [-0.3, -0.25) is 9.59 Å². The van der Waals surface area contributed by atoms with Crippen LogP contribution in [0.3, 0.4) is 0 Å². The van der Waals surface area contributed by atoms with Gasteiger partial charge in [0.1, 0.15) is 12.0 Å². The quantitative estimate of drug-likeness (QED) is 0.538. The molecule has 4 heteroatoms. The number of aldehydes is 2. The van der Waals surface area contributed by atoms with Crippen molar-refractivity contribution >= 4 is 18.3 Å². The van der Waals surface area contributed by atoms with E-state index >= 15 is 0 Å². The van der Waals surface area contributed by atoms with Gasteiger partial charge in [0.2, 0.25) is 0 Å². The molecule has 13 heavy (non-hydrogen) atoms. The third-order valence-corrected chi connectivity index (χ3v) is 1.74. The van der Waals surface area contributed by atoms with E-state index < -0.39 is 0 Å². The van der Waals surface area contributed by atoms with E-state index in [-0.39, 0.29) is 0 Å². The Kier molecular flexibility index (Phi) is 2.64. The minimum atomic E-state index is 0.338. The largest absolute Gasteiger partial charge is 0.298 e. The van der Waals surface area contributed by atoms with Crippen molar-refractivity contribution in [1.82, 2.24) is 0 Å². The van der Waals surface area contributed by atoms with Crippen LogP contribution >= 0.6 is 0 Å². The molecule has 0 saturated carbocycles. The molecule has 0 radical (unpaired) electrons. The standard InChI is InChI=1S/C9H8N2O2/c1-6-2-7(4-12)3-8(5-13)9(6)11-10/h2-5,10H,1H3/p+1. The monoisotopic (exact) mass is 177 g/mol. The zero-order valence-corrected chi connectivity index (χ0v) is 7.15. The van der Waals surface area contributed by atoms with Crippen LogP contribution < -0.4 is 5.53 Å². The van der Waals surface area contributed by atoms with E-state index in [0.717, 1.165) is 0 Å². The Morgan fingerprint density at radius 2 is 2.00 bits per heavy atom. The first-order chi connectivity index (χ1) is 6.22. The summed E-state index contributed by atoms with van der Waals surface area (Å²) in [6.45, 7) is 1.74. The first-order valence-corrected chi connectivity index (χ1v) is 3.69. The third kappa shape index (κ3) is 1.66. The van der Waals surface area contributed by atoms with Gasteiger partial charge in [0.05, 0.1) is 0 Å². The van der Waals surface area contributed by atoms with Gasteiger partial charge in [-0.15, -0.1) is 0 Å². The Bertz CT molecular complexity index is 372. The lowest BCUT2D eigenvalue weighted by Crippen LogP contribution is -2.22. The first kappa shape index (κ1) is 9.25. The van der Waals surface area contributed by atoms with E-state index in [1.807, 2.05) is 0 Å². The van der Waals surface area contributed by atoms with E-state index in [0.29, 0.717) is 35.0 Å². The highest BCUT2D eigenvalue weighted by Crippen LogP contribution is 2.22. The van der Waals surface area contributed by atoms with E-state index in [1.54, 1.807) is 13.0 Å². The predicted molar refractivity (Wildman–Crippen MR) is 46.0 cm³/mol. The molecule has 0 heterocycles. The van der Waals surface area contributed by atoms with Crippen LogP contribution in [0.4, 0.5) is 5.69 Å². The van der Waals surface area contributed by atoms with Gasteiger partial charge in [0.15, 0.2) is 6.29 Å². The second-order valence-electron chi connectivity index (χ2n) is 2.64. The molecule has 0 fully saturated rings. The van der Waals surface area contributed by atoms with Crippen LogP contribution in [0.25, 0.3) is 0 Å². The molecule has 0 bridgehead atoms. The molecule has 0 spiro atoms. The smallest absolute Gasteiger partial charge is 0.152 e. The van der Waals surface area contributed by atoms with Crippen LogP contribution in [-0.2, 0) is 0 Å². The maximum Gasteiger partial charge on any atom is 0.152 e. The lowest BCUT2D eigenvalue weighted by molar-refractivity contribution is -0.210. The number of carbonyl (C=O) groups is 2. The van der Waals surface area contributed by atoms with E-state index in [4.69, 9.17) is 5.53 Å². The van der Waals surface area contributed by atoms with E-state index in [2.05, 4.69) is 5.11 Å². The second-order valence-corrected chi connectivity index (χ2v) is 2.64. The molecular weight excluding hydrogens is 168 g/mol. The molecule has 66 valence electrons. The van der Waals surface area contributed by atoms with Gasteiger partial charge < -0.3 is 0 Å². The van der Waals surface area contributed by atoms with Crippen LogP contribution in [0, 0.1) is 6.92 Å². The molecule has 0 aromatic heterocycles. The summed E-state index contributed by atoms with van der Waals surface area (Å²) < 4.78 is 0. The number of benzene rings is 1. The summed E-state index contributed by atoms with van der Waals surface area (Å²) in [4.78, 5) is 21.0. The fraction of sp³-hybridized carbons (Fsp3) is 0.111. The van der Waals surface area contributed by atoms with Crippen molar-refractivity contribution < 1.29 is 15.1 Å². The molecule has 1 aromatic rings. The molecule has 1 rings (SSSR count). The molecule has 2 N–H and O–H groups in total. The zero-order valence-electron chi connectivity index (χ0n) is 7.15. The molecule has 1 aromatic carbocycles. The Morgan fingerprint density at radius 1 is 1.31 bits per heavy atom. The van der Waals surface area contributed by atoms with Gasteiger partial charge in [0.25, 0.3) is 0 Å². The van der Waals surface area contributed by atoms with Gasteiger partial charge in [-0.05, 0) is 29.7 Å². The average molecular weight is 177 g/mol. The Morgan fingerprint density at radius 3 is 2.46 bits per heavy atom.